The molecule has 2 nitrogen and oxygen atoms in total. The van der Waals surface area contributed by atoms with Crippen molar-refractivity contribution in [2.75, 3.05) is 5.73 Å². The van der Waals surface area contributed by atoms with Crippen LogP contribution in [0.1, 0.15) is 20.8 Å². The molecular weight excluding hydrogens is 407 g/mol. The van der Waals surface area contributed by atoms with Crippen LogP contribution in [0.3, 0.4) is 0 Å². The summed E-state index contributed by atoms with van der Waals surface area (Å²) in [6.45, 7) is 0. The highest BCUT2D eigenvalue weighted by atomic mass is 32.1. The van der Waals surface area contributed by atoms with E-state index in [1.165, 1.54) is 6.07 Å². The van der Waals surface area contributed by atoms with Crippen molar-refractivity contribution in [3.63, 3.8) is 0 Å². The lowest BCUT2D eigenvalue weighted by molar-refractivity contribution is -0.137. The zero-order chi connectivity index (χ0) is 21.3. The van der Waals surface area contributed by atoms with Gasteiger partial charge >= 0.3 is 6.18 Å². The van der Waals surface area contributed by atoms with Crippen molar-refractivity contribution >= 4 is 22.1 Å². The fraction of sp³-hybridized carbons (Fsp3) is 0.0417. The summed E-state index contributed by atoms with van der Waals surface area (Å²) in [5, 5.41) is 0.299. The quantitative estimate of drug-likeness (QED) is 0.362. The number of hydrogen-bond acceptors (Lipinski definition) is 3. The minimum atomic E-state index is -4.48. The lowest BCUT2D eigenvalue weighted by Gasteiger charge is -2.12. The third-order valence-corrected chi connectivity index (χ3v) is 5.74. The number of carbonyl (C=O) groups is 1. The second-order valence-corrected chi connectivity index (χ2v) is 7.74. The van der Waals surface area contributed by atoms with Gasteiger partial charge in [-0.15, -0.1) is 11.3 Å². The van der Waals surface area contributed by atoms with Crippen LogP contribution < -0.4 is 5.73 Å². The number of hydrogen-bond donors (Lipinski definition) is 1. The minimum Gasteiger partial charge on any atom is -0.390 e. The van der Waals surface area contributed by atoms with E-state index in [9.17, 15) is 18.0 Å². The fourth-order valence-corrected chi connectivity index (χ4v) is 4.42. The highest BCUT2D eigenvalue weighted by Gasteiger charge is 2.31. The molecular formula is C24H16F3NOS. The third-order valence-electron chi connectivity index (χ3n) is 4.72. The predicted molar refractivity (Wildman–Crippen MR) is 114 cm³/mol. The number of carbonyl (C=O) groups excluding carboxylic acids is 1. The maximum atomic E-state index is 13.3. The molecule has 0 radical (unpaired) electrons. The average Bonchev–Trinajstić information content (AvgIpc) is 3.11. The van der Waals surface area contributed by atoms with Gasteiger partial charge in [-0.1, -0.05) is 72.8 Å². The fourth-order valence-electron chi connectivity index (χ4n) is 3.35. The first-order valence-electron chi connectivity index (χ1n) is 9.11. The summed E-state index contributed by atoms with van der Waals surface area (Å²) in [7, 11) is 0. The largest absolute Gasteiger partial charge is 0.416 e. The number of nitrogens with two attached hydrogens (primary N) is 1. The van der Waals surface area contributed by atoms with Crippen LogP contribution in [0.4, 0.5) is 18.2 Å². The zero-order valence-corrected chi connectivity index (χ0v) is 16.4. The molecule has 3 aromatic carbocycles. The molecule has 0 atom stereocenters. The number of nitrogen functional groups attached to an aromatic ring is 1. The molecule has 0 saturated heterocycles. The van der Waals surface area contributed by atoms with Gasteiger partial charge in [0.2, 0.25) is 5.78 Å². The number of anilines is 1. The Bertz CT molecular complexity index is 1200. The lowest BCUT2D eigenvalue weighted by atomic mass is 9.93. The van der Waals surface area contributed by atoms with Crippen molar-refractivity contribution in [1.29, 1.82) is 0 Å². The molecule has 0 aliphatic heterocycles. The van der Waals surface area contributed by atoms with Crippen LogP contribution in [0, 0.1) is 0 Å². The Balaban J connectivity index is 1.97. The highest BCUT2D eigenvalue weighted by molar-refractivity contribution is 7.19. The van der Waals surface area contributed by atoms with E-state index in [4.69, 9.17) is 5.73 Å². The molecule has 1 heterocycles. The Hall–Kier alpha value is -3.38. The Labute approximate surface area is 175 Å². The van der Waals surface area contributed by atoms with E-state index >= 15 is 0 Å². The summed E-state index contributed by atoms with van der Waals surface area (Å²) in [6, 6.07) is 22.9. The minimum absolute atomic E-state index is 0.218. The van der Waals surface area contributed by atoms with Gasteiger partial charge in [0.15, 0.2) is 0 Å². The smallest absolute Gasteiger partial charge is 0.390 e. The molecule has 4 rings (SSSR count). The Morgan fingerprint density at radius 1 is 0.767 bits per heavy atom. The second-order valence-electron chi connectivity index (χ2n) is 6.69. The van der Waals surface area contributed by atoms with E-state index < -0.39 is 11.7 Å². The van der Waals surface area contributed by atoms with Crippen molar-refractivity contribution < 1.29 is 18.0 Å². The lowest BCUT2D eigenvalue weighted by Crippen LogP contribution is -2.04. The summed E-state index contributed by atoms with van der Waals surface area (Å²) in [4.78, 5) is 13.6. The van der Waals surface area contributed by atoms with Gasteiger partial charge in [0.05, 0.1) is 15.4 Å². The van der Waals surface area contributed by atoms with Gasteiger partial charge in [0, 0.05) is 16.7 Å². The van der Waals surface area contributed by atoms with E-state index in [1.54, 1.807) is 30.3 Å². The van der Waals surface area contributed by atoms with Crippen molar-refractivity contribution in [2.45, 2.75) is 6.18 Å². The van der Waals surface area contributed by atoms with Crippen molar-refractivity contribution in [2.24, 2.45) is 0 Å². The van der Waals surface area contributed by atoms with E-state index in [0.29, 0.717) is 32.1 Å². The monoisotopic (exact) mass is 423 g/mol. The molecule has 0 unspecified atom stereocenters. The van der Waals surface area contributed by atoms with Crippen LogP contribution in [0.5, 0.6) is 0 Å². The number of rotatable bonds is 4. The van der Waals surface area contributed by atoms with Crippen LogP contribution in [0.25, 0.3) is 22.3 Å². The summed E-state index contributed by atoms with van der Waals surface area (Å²) in [5.74, 6) is -0.218. The number of ketones is 1. The van der Waals surface area contributed by atoms with Crippen LogP contribution in [-0.2, 0) is 6.18 Å². The summed E-state index contributed by atoms with van der Waals surface area (Å²) in [6.07, 6.45) is -4.48. The van der Waals surface area contributed by atoms with Gasteiger partial charge in [0.1, 0.15) is 0 Å². The zero-order valence-electron chi connectivity index (χ0n) is 15.6. The van der Waals surface area contributed by atoms with Crippen molar-refractivity contribution in [3.8, 4) is 22.3 Å². The number of benzene rings is 3. The molecule has 0 bridgehead atoms. The van der Waals surface area contributed by atoms with E-state index in [-0.39, 0.29) is 5.78 Å². The topological polar surface area (TPSA) is 43.1 Å². The second kappa shape index (κ2) is 7.80. The maximum absolute atomic E-state index is 13.3. The molecule has 4 aromatic rings. The highest BCUT2D eigenvalue weighted by Crippen LogP contribution is 2.46. The summed E-state index contributed by atoms with van der Waals surface area (Å²) >= 11 is 1.09. The molecule has 0 aliphatic carbocycles. The standard InChI is InChI=1S/C24H16F3NOS/c25-24(26,27)18-13-7-12-17(14-18)20-19(15-8-3-1-4-9-15)22(30-23(20)28)21(29)16-10-5-2-6-11-16/h1-14H,28H2. The molecule has 1 aromatic heterocycles. The number of halogens is 3. The van der Waals surface area contributed by atoms with Gasteiger partial charge < -0.3 is 5.73 Å². The van der Waals surface area contributed by atoms with Crippen LogP contribution in [0.2, 0.25) is 0 Å². The Morgan fingerprint density at radius 3 is 2.00 bits per heavy atom. The van der Waals surface area contributed by atoms with Crippen molar-refractivity contribution in [3.05, 3.63) is 101 Å². The van der Waals surface area contributed by atoms with Gasteiger partial charge in [0.25, 0.3) is 0 Å². The van der Waals surface area contributed by atoms with Gasteiger partial charge in [-0.05, 0) is 23.3 Å². The Kier molecular flexibility index (Phi) is 5.18. The molecule has 0 amide bonds. The van der Waals surface area contributed by atoms with Gasteiger partial charge in [-0.25, -0.2) is 0 Å². The first kappa shape index (κ1) is 19.9. The number of alkyl halides is 3. The number of thiophene rings is 1. The predicted octanol–water partition coefficient (Wildman–Crippen LogP) is 6.91. The maximum Gasteiger partial charge on any atom is 0.416 e. The molecule has 30 heavy (non-hydrogen) atoms. The molecule has 0 saturated carbocycles. The van der Waals surface area contributed by atoms with Crippen molar-refractivity contribution in [1.82, 2.24) is 0 Å². The third kappa shape index (κ3) is 3.74. The van der Waals surface area contributed by atoms with Crippen LogP contribution in [0.15, 0.2) is 84.9 Å². The molecule has 0 aliphatic rings. The molecule has 0 fully saturated rings. The first-order valence-corrected chi connectivity index (χ1v) is 9.93. The molecule has 6 heteroatoms. The normalized spacial score (nSPS) is 11.4. The van der Waals surface area contributed by atoms with E-state index in [0.717, 1.165) is 29.0 Å². The van der Waals surface area contributed by atoms with E-state index in [1.807, 2.05) is 36.4 Å². The van der Waals surface area contributed by atoms with Crippen LogP contribution >= 0.6 is 11.3 Å². The van der Waals surface area contributed by atoms with E-state index in [2.05, 4.69) is 0 Å². The molecule has 2 N–H and O–H groups in total. The molecule has 150 valence electrons. The first-order chi connectivity index (χ1) is 14.4. The summed E-state index contributed by atoms with van der Waals surface area (Å²) < 4.78 is 39.8. The van der Waals surface area contributed by atoms with Gasteiger partial charge in [-0.2, -0.15) is 13.2 Å². The average molecular weight is 423 g/mol. The molecule has 0 spiro atoms. The van der Waals surface area contributed by atoms with Crippen LogP contribution in [-0.4, -0.2) is 5.78 Å². The SMILES string of the molecule is Nc1sc(C(=O)c2ccccc2)c(-c2ccccc2)c1-c1cccc(C(F)(F)F)c1. The summed E-state index contributed by atoms with van der Waals surface area (Å²) in [5.41, 5.74) is 8.03. The Morgan fingerprint density at radius 2 is 1.37 bits per heavy atom. The van der Waals surface area contributed by atoms with Gasteiger partial charge in [-0.3, -0.25) is 4.79 Å².